The van der Waals surface area contributed by atoms with Gasteiger partial charge in [0.15, 0.2) is 5.82 Å². The second kappa shape index (κ2) is 8.16. The van der Waals surface area contributed by atoms with Crippen molar-refractivity contribution in [3.8, 4) is 22.8 Å². The predicted molar refractivity (Wildman–Crippen MR) is 108 cm³/mol. The predicted octanol–water partition coefficient (Wildman–Crippen LogP) is 3.04. The van der Waals surface area contributed by atoms with Crippen LogP contribution >= 0.6 is 0 Å². The Morgan fingerprint density at radius 1 is 1.17 bits per heavy atom. The second-order valence-electron chi connectivity index (χ2n) is 6.55. The first kappa shape index (κ1) is 19.3. The maximum atomic E-state index is 13.1. The summed E-state index contributed by atoms with van der Waals surface area (Å²) in [6.45, 7) is 1.96. The van der Waals surface area contributed by atoms with Gasteiger partial charge in [0.25, 0.3) is 5.91 Å². The Kier molecular flexibility index (Phi) is 5.25. The number of hydrogen-bond donors (Lipinski definition) is 2. The highest BCUT2D eigenvalue weighted by Crippen LogP contribution is 2.19. The van der Waals surface area contributed by atoms with Gasteiger partial charge in [-0.25, -0.2) is 14.1 Å². The van der Waals surface area contributed by atoms with Crippen LogP contribution in [0.1, 0.15) is 21.9 Å². The van der Waals surface area contributed by atoms with E-state index in [0.29, 0.717) is 28.6 Å². The van der Waals surface area contributed by atoms with Crippen molar-refractivity contribution in [3.05, 3.63) is 77.6 Å². The van der Waals surface area contributed by atoms with Gasteiger partial charge in [0.1, 0.15) is 17.4 Å². The highest BCUT2D eigenvalue weighted by Gasteiger charge is 2.16. The Bertz CT molecular complexity index is 1170. The number of ether oxygens (including phenoxy) is 1. The van der Waals surface area contributed by atoms with Gasteiger partial charge < -0.3 is 10.1 Å². The largest absolute Gasteiger partial charge is 0.497 e. The Morgan fingerprint density at radius 3 is 2.60 bits per heavy atom. The number of carbonyl (C=O) groups is 1. The number of nitrogens with zero attached hydrogens (tertiary/aromatic N) is 4. The summed E-state index contributed by atoms with van der Waals surface area (Å²) in [5.74, 6) is 1.18. The Morgan fingerprint density at radius 2 is 1.90 bits per heavy atom. The third kappa shape index (κ3) is 3.90. The van der Waals surface area contributed by atoms with Gasteiger partial charge >= 0.3 is 0 Å². The average molecular weight is 406 g/mol. The summed E-state index contributed by atoms with van der Waals surface area (Å²) in [6.07, 6.45) is 1.48. The Labute approximate surface area is 171 Å². The zero-order valence-electron chi connectivity index (χ0n) is 16.4. The lowest BCUT2D eigenvalue weighted by Crippen LogP contribution is -2.24. The van der Waals surface area contributed by atoms with Crippen molar-refractivity contribution in [2.45, 2.75) is 13.5 Å². The number of carbonyl (C=O) groups excluding carboxylic acids is 1. The number of halogens is 1. The molecule has 0 spiro atoms. The van der Waals surface area contributed by atoms with Crippen molar-refractivity contribution < 1.29 is 13.9 Å². The molecule has 9 heteroatoms. The number of amides is 1. The minimum atomic E-state index is -0.331. The van der Waals surface area contributed by atoms with Gasteiger partial charge in [0.05, 0.1) is 36.8 Å². The van der Waals surface area contributed by atoms with E-state index in [1.165, 1.54) is 18.3 Å². The van der Waals surface area contributed by atoms with Crippen LogP contribution in [-0.2, 0) is 6.54 Å². The van der Waals surface area contributed by atoms with E-state index in [4.69, 9.17) is 4.74 Å². The number of nitrogens with one attached hydrogen (secondary N) is 2. The van der Waals surface area contributed by atoms with Crippen LogP contribution in [0, 0.1) is 12.7 Å². The van der Waals surface area contributed by atoms with Crippen LogP contribution in [0.4, 0.5) is 4.39 Å². The summed E-state index contributed by atoms with van der Waals surface area (Å²) in [6, 6.07) is 13.3. The zero-order valence-corrected chi connectivity index (χ0v) is 16.4. The normalized spacial score (nSPS) is 10.8. The van der Waals surface area contributed by atoms with Gasteiger partial charge in [-0.2, -0.15) is 10.2 Å². The first-order valence-corrected chi connectivity index (χ1v) is 9.19. The fourth-order valence-corrected chi connectivity index (χ4v) is 2.98. The summed E-state index contributed by atoms with van der Waals surface area (Å²) in [4.78, 5) is 17.0. The van der Waals surface area contributed by atoms with Crippen molar-refractivity contribution >= 4 is 5.91 Å². The summed E-state index contributed by atoms with van der Waals surface area (Å²) < 4.78 is 19.9. The number of rotatable bonds is 6. The molecule has 152 valence electrons. The van der Waals surface area contributed by atoms with Gasteiger partial charge in [-0.3, -0.25) is 9.89 Å². The molecule has 0 bridgehead atoms. The molecule has 0 atom stereocenters. The number of aromatic amines is 1. The molecular formula is C21H19FN6O2. The van der Waals surface area contributed by atoms with Crippen molar-refractivity contribution in [2.75, 3.05) is 7.11 Å². The fraction of sp³-hybridized carbons (Fsp3) is 0.143. The SMILES string of the molecule is COc1ccc(-c2n[nH]c(CNC(=O)c3cnn(-c4ccc(F)cc4)c3C)n2)cc1. The van der Waals surface area contributed by atoms with Gasteiger partial charge in [-0.15, -0.1) is 0 Å². The highest BCUT2D eigenvalue weighted by molar-refractivity contribution is 5.95. The van der Waals surface area contributed by atoms with Gasteiger partial charge in [-0.05, 0) is 55.5 Å². The van der Waals surface area contributed by atoms with E-state index in [9.17, 15) is 9.18 Å². The molecule has 0 aliphatic carbocycles. The quantitative estimate of drug-likeness (QED) is 0.513. The lowest BCUT2D eigenvalue weighted by Gasteiger charge is -2.06. The maximum absolute atomic E-state index is 13.1. The number of aromatic nitrogens is 5. The third-order valence-electron chi connectivity index (χ3n) is 4.62. The van der Waals surface area contributed by atoms with Crippen molar-refractivity contribution in [3.63, 3.8) is 0 Å². The van der Waals surface area contributed by atoms with E-state index in [1.807, 2.05) is 24.3 Å². The third-order valence-corrected chi connectivity index (χ3v) is 4.62. The van der Waals surface area contributed by atoms with Crippen LogP contribution in [0.2, 0.25) is 0 Å². The molecule has 4 aromatic rings. The highest BCUT2D eigenvalue weighted by atomic mass is 19.1. The summed E-state index contributed by atoms with van der Waals surface area (Å²) in [7, 11) is 1.60. The molecule has 0 radical (unpaired) electrons. The minimum Gasteiger partial charge on any atom is -0.497 e. The lowest BCUT2D eigenvalue weighted by molar-refractivity contribution is 0.0949. The standard InChI is InChI=1S/C21H19FN6O2/c1-13-18(11-24-28(13)16-7-5-15(22)6-8-16)21(29)23-12-19-25-20(27-26-19)14-3-9-17(30-2)10-4-14/h3-11H,12H2,1-2H3,(H,23,29)(H,25,26,27). The van der Waals surface area contributed by atoms with Crippen molar-refractivity contribution in [1.29, 1.82) is 0 Å². The molecule has 0 saturated heterocycles. The Balaban J connectivity index is 1.43. The van der Waals surface area contributed by atoms with Gasteiger partial charge in [0, 0.05) is 5.56 Å². The second-order valence-corrected chi connectivity index (χ2v) is 6.55. The summed E-state index contributed by atoms with van der Waals surface area (Å²) >= 11 is 0. The minimum absolute atomic E-state index is 0.184. The fourth-order valence-electron chi connectivity index (χ4n) is 2.98. The van der Waals surface area contributed by atoms with Crippen LogP contribution in [0.25, 0.3) is 17.1 Å². The topological polar surface area (TPSA) is 97.7 Å². The number of benzene rings is 2. The van der Waals surface area contributed by atoms with E-state index in [2.05, 4.69) is 25.6 Å². The van der Waals surface area contributed by atoms with E-state index < -0.39 is 0 Å². The molecule has 4 rings (SSSR count). The van der Waals surface area contributed by atoms with Gasteiger partial charge in [0.2, 0.25) is 0 Å². The number of methoxy groups -OCH3 is 1. The first-order chi connectivity index (χ1) is 14.5. The first-order valence-electron chi connectivity index (χ1n) is 9.19. The van der Waals surface area contributed by atoms with Crippen LogP contribution in [-0.4, -0.2) is 38.0 Å². The van der Waals surface area contributed by atoms with Gasteiger partial charge in [-0.1, -0.05) is 0 Å². The molecule has 1 amide bonds. The maximum Gasteiger partial charge on any atom is 0.255 e. The van der Waals surface area contributed by atoms with Crippen LogP contribution < -0.4 is 10.1 Å². The molecule has 0 saturated carbocycles. The average Bonchev–Trinajstić information content (AvgIpc) is 3.40. The molecule has 2 aromatic heterocycles. The van der Waals surface area contributed by atoms with E-state index in [1.54, 1.807) is 30.8 Å². The summed E-state index contributed by atoms with van der Waals surface area (Å²) in [5.41, 5.74) is 2.58. The van der Waals surface area contributed by atoms with Crippen LogP contribution in [0.15, 0.2) is 54.7 Å². The molecule has 0 unspecified atom stereocenters. The van der Waals surface area contributed by atoms with Crippen LogP contribution in [0.3, 0.4) is 0 Å². The Hall–Kier alpha value is -4.01. The molecule has 2 aromatic carbocycles. The molecule has 0 aliphatic heterocycles. The van der Waals surface area contributed by atoms with E-state index >= 15 is 0 Å². The van der Waals surface area contributed by atoms with Crippen molar-refractivity contribution in [2.24, 2.45) is 0 Å². The number of H-pyrrole nitrogens is 1. The lowest BCUT2D eigenvalue weighted by atomic mass is 10.2. The molecule has 30 heavy (non-hydrogen) atoms. The molecule has 0 aliphatic rings. The smallest absolute Gasteiger partial charge is 0.255 e. The summed E-state index contributed by atoms with van der Waals surface area (Å²) in [5, 5.41) is 14.1. The molecule has 8 nitrogen and oxygen atoms in total. The van der Waals surface area contributed by atoms with E-state index in [0.717, 1.165) is 11.3 Å². The molecule has 0 fully saturated rings. The molecule has 2 heterocycles. The van der Waals surface area contributed by atoms with E-state index in [-0.39, 0.29) is 18.3 Å². The van der Waals surface area contributed by atoms with Crippen LogP contribution in [0.5, 0.6) is 5.75 Å². The zero-order chi connectivity index (χ0) is 21.1. The molecule has 2 N–H and O–H groups in total. The van der Waals surface area contributed by atoms with Crippen molar-refractivity contribution in [1.82, 2.24) is 30.3 Å². The number of hydrogen-bond acceptors (Lipinski definition) is 5. The monoisotopic (exact) mass is 406 g/mol. The molecular weight excluding hydrogens is 387 g/mol.